The molecule has 0 aliphatic heterocycles. The van der Waals surface area contributed by atoms with Gasteiger partial charge < -0.3 is 9.47 Å². The van der Waals surface area contributed by atoms with Gasteiger partial charge in [0.15, 0.2) is 11.6 Å². The van der Waals surface area contributed by atoms with Crippen LogP contribution < -0.4 is 9.47 Å². The van der Waals surface area contributed by atoms with E-state index in [2.05, 4.69) is 6.92 Å². The van der Waals surface area contributed by atoms with E-state index in [0.29, 0.717) is 18.1 Å². The number of hydrogen-bond acceptors (Lipinski definition) is 2. The lowest BCUT2D eigenvalue weighted by molar-refractivity contribution is 0.201. The average Bonchev–Trinajstić information content (AvgIpc) is 3.37. The van der Waals surface area contributed by atoms with Crippen molar-refractivity contribution < 1.29 is 18.3 Å². The maximum atomic E-state index is 14.6. The molecular formula is C27H34F2O2. The maximum Gasteiger partial charge on any atom is 0.201 e. The van der Waals surface area contributed by atoms with Crippen LogP contribution in [0.1, 0.15) is 58.8 Å². The summed E-state index contributed by atoms with van der Waals surface area (Å²) < 4.78 is 40.2. The van der Waals surface area contributed by atoms with E-state index in [9.17, 15) is 8.78 Å². The lowest BCUT2D eigenvalue weighted by Crippen LogP contribution is -2.18. The first-order chi connectivity index (χ1) is 15.1. The van der Waals surface area contributed by atoms with Crippen LogP contribution in [-0.2, 0) is 0 Å². The SMILES string of the molecule is CCCOc1ccc(-c2ccc(OCC3CCC4C(CCC)CCC34)cc2)c(F)c1F. The highest BCUT2D eigenvalue weighted by atomic mass is 19.2. The molecule has 2 nitrogen and oxygen atoms in total. The summed E-state index contributed by atoms with van der Waals surface area (Å²) in [4.78, 5) is 0. The number of benzene rings is 2. The van der Waals surface area contributed by atoms with Crippen molar-refractivity contribution in [1.29, 1.82) is 0 Å². The van der Waals surface area contributed by atoms with Crippen LogP contribution in [-0.4, -0.2) is 13.2 Å². The van der Waals surface area contributed by atoms with Gasteiger partial charge in [-0.3, -0.25) is 0 Å². The summed E-state index contributed by atoms with van der Waals surface area (Å²) in [6.07, 6.45) is 8.77. The Labute approximate surface area is 185 Å². The Hall–Kier alpha value is -2.10. The summed E-state index contributed by atoms with van der Waals surface area (Å²) in [5.74, 6) is 2.24. The molecule has 2 saturated carbocycles. The van der Waals surface area contributed by atoms with Crippen LogP contribution in [0.2, 0.25) is 0 Å². The largest absolute Gasteiger partial charge is 0.493 e. The highest BCUT2D eigenvalue weighted by molar-refractivity contribution is 5.66. The lowest BCUT2D eigenvalue weighted by atomic mass is 9.87. The van der Waals surface area contributed by atoms with E-state index < -0.39 is 11.6 Å². The Morgan fingerprint density at radius 3 is 2.19 bits per heavy atom. The molecule has 0 heterocycles. The zero-order valence-corrected chi connectivity index (χ0v) is 18.7. The van der Waals surface area contributed by atoms with E-state index in [0.717, 1.165) is 36.5 Å². The first-order valence-corrected chi connectivity index (χ1v) is 12.0. The number of rotatable bonds is 9. The van der Waals surface area contributed by atoms with Crippen LogP contribution in [0.15, 0.2) is 36.4 Å². The van der Waals surface area contributed by atoms with Crippen molar-refractivity contribution in [2.24, 2.45) is 23.7 Å². The van der Waals surface area contributed by atoms with Crippen LogP contribution in [0.4, 0.5) is 8.78 Å². The van der Waals surface area contributed by atoms with E-state index in [1.165, 1.54) is 44.6 Å². The third-order valence-corrected chi connectivity index (χ3v) is 7.30. The van der Waals surface area contributed by atoms with Crippen molar-refractivity contribution in [3.63, 3.8) is 0 Å². The molecule has 0 bridgehead atoms. The Kier molecular flexibility index (Phi) is 7.14. The highest BCUT2D eigenvalue weighted by Gasteiger charge is 2.44. The van der Waals surface area contributed by atoms with Crippen molar-refractivity contribution >= 4 is 0 Å². The normalized spacial score (nSPS) is 24.9. The maximum absolute atomic E-state index is 14.6. The second-order valence-corrected chi connectivity index (χ2v) is 9.21. The van der Waals surface area contributed by atoms with E-state index in [4.69, 9.17) is 9.47 Å². The molecule has 0 N–H and O–H groups in total. The molecule has 2 aromatic carbocycles. The third-order valence-electron chi connectivity index (χ3n) is 7.30. The Morgan fingerprint density at radius 1 is 0.774 bits per heavy atom. The van der Waals surface area contributed by atoms with Gasteiger partial charge in [-0.25, -0.2) is 4.39 Å². The summed E-state index contributed by atoms with van der Waals surface area (Å²) in [5.41, 5.74) is 0.865. The number of halogens is 2. The van der Waals surface area contributed by atoms with Crippen molar-refractivity contribution in [3.05, 3.63) is 48.0 Å². The fourth-order valence-electron chi connectivity index (χ4n) is 5.79. The summed E-state index contributed by atoms with van der Waals surface area (Å²) in [7, 11) is 0. The summed E-state index contributed by atoms with van der Waals surface area (Å²) >= 11 is 0. The predicted molar refractivity (Wildman–Crippen MR) is 120 cm³/mol. The molecule has 4 atom stereocenters. The molecule has 0 saturated heterocycles. The Bertz CT molecular complexity index is 864. The van der Waals surface area contributed by atoms with Crippen LogP contribution in [0.3, 0.4) is 0 Å². The van der Waals surface area contributed by atoms with Gasteiger partial charge in [-0.15, -0.1) is 0 Å². The quantitative estimate of drug-likeness (QED) is 0.408. The summed E-state index contributed by atoms with van der Waals surface area (Å²) in [5, 5.41) is 0. The minimum absolute atomic E-state index is 0.0361. The molecule has 2 aliphatic rings. The molecule has 4 heteroatoms. The second-order valence-electron chi connectivity index (χ2n) is 9.21. The van der Waals surface area contributed by atoms with Crippen molar-refractivity contribution in [2.45, 2.75) is 58.8 Å². The zero-order valence-electron chi connectivity index (χ0n) is 18.7. The minimum atomic E-state index is -0.931. The molecule has 2 aromatic rings. The minimum Gasteiger partial charge on any atom is -0.493 e. The van der Waals surface area contributed by atoms with Gasteiger partial charge in [-0.1, -0.05) is 38.8 Å². The molecule has 4 unspecified atom stereocenters. The van der Waals surface area contributed by atoms with Crippen LogP contribution in [0, 0.1) is 35.3 Å². The first-order valence-electron chi connectivity index (χ1n) is 12.0. The lowest BCUT2D eigenvalue weighted by Gasteiger charge is -2.21. The van der Waals surface area contributed by atoms with Crippen LogP contribution in [0.25, 0.3) is 11.1 Å². The first kappa shape index (κ1) is 22.1. The standard InChI is InChI=1S/C27H34F2O2/c1-3-5-18-8-12-23-20(9-13-22(18)23)17-31-21-10-6-19(7-11-21)24-14-15-25(30-16-4-2)27(29)26(24)28/h6-7,10-11,14-15,18,20,22-23H,3-5,8-9,12-13,16-17H2,1-2H3. The molecule has 0 spiro atoms. The van der Waals surface area contributed by atoms with E-state index in [1.807, 2.05) is 19.1 Å². The molecule has 2 aliphatic carbocycles. The smallest absolute Gasteiger partial charge is 0.201 e. The fraction of sp³-hybridized carbons (Fsp3) is 0.556. The van der Waals surface area contributed by atoms with Gasteiger partial charge in [0.25, 0.3) is 0 Å². The monoisotopic (exact) mass is 428 g/mol. The van der Waals surface area contributed by atoms with Gasteiger partial charge >= 0.3 is 0 Å². The van der Waals surface area contributed by atoms with Gasteiger partial charge in [-0.2, -0.15) is 4.39 Å². The molecule has 31 heavy (non-hydrogen) atoms. The van der Waals surface area contributed by atoms with Gasteiger partial charge in [-0.05, 0) is 85.6 Å². The van der Waals surface area contributed by atoms with Gasteiger partial charge in [0.2, 0.25) is 5.82 Å². The second kappa shape index (κ2) is 10.0. The van der Waals surface area contributed by atoms with Crippen LogP contribution in [0.5, 0.6) is 11.5 Å². The predicted octanol–water partition coefficient (Wildman–Crippen LogP) is 7.65. The average molecular weight is 429 g/mol. The molecule has 0 aromatic heterocycles. The zero-order chi connectivity index (χ0) is 21.8. The fourth-order valence-corrected chi connectivity index (χ4v) is 5.79. The summed E-state index contributed by atoms with van der Waals surface area (Å²) in [6.45, 7) is 5.34. The highest BCUT2D eigenvalue weighted by Crippen LogP contribution is 2.52. The molecule has 4 rings (SSSR count). The van der Waals surface area contributed by atoms with Crippen molar-refractivity contribution in [2.75, 3.05) is 13.2 Å². The Morgan fingerprint density at radius 2 is 1.48 bits per heavy atom. The van der Waals surface area contributed by atoms with Crippen LogP contribution >= 0.6 is 0 Å². The third kappa shape index (κ3) is 4.73. The Balaban J connectivity index is 1.37. The van der Waals surface area contributed by atoms with Crippen molar-refractivity contribution in [3.8, 4) is 22.6 Å². The van der Waals surface area contributed by atoms with Crippen molar-refractivity contribution in [1.82, 2.24) is 0 Å². The van der Waals surface area contributed by atoms with E-state index in [1.54, 1.807) is 18.2 Å². The molecule has 168 valence electrons. The number of fused-ring (bicyclic) bond motifs is 1. The molecule has 2 fully saturated rings. The molecular weight excluding hydrogens is 394 g/mol. The summed E-state index contributed by atoms with van der Waals surface area (Å²) in [6, 6.07) is 10.4. The van der Waals surface area contributed by atoms with Gasteiger partial charge in [0.05, 0.1) is 13.2 Å². The van der Waals surface area contributed by atoms with Gasteiger partial charge in [0.1, 0.15) is 5.75 Å². The number of ether oxygens (including phenoxy) is 2. The molecule has 0 amide bonds. The van der Waals surface area contributed by atoms with E-state index in [-0.39, 0.29) is 11.3 Å². The molecule has 0 radical (unpaired) electrons. The topological polar surface area (TPSA) is 18.5 Å². The van der Waals surface area contributed by atoms with E-state index >= 15 is 0 Å². The number of hydrogen-bond donors (Lipinski definition) is 0. The van der Waals surface area contributed by atoms with Gasteiger partial charge in [0, 0.05) is 5.56 Å².